The van der Waals surface area contributed by atoms with Crippen LogP contribution in [-0.4, -0.2) is 19.3 Å². The number of nitrogens with two attached hydrogens (primary N) is 1. The summed E-state index contributed by atoms with van der Waals surface area (Å²) in [7, 11) is 1.65. The molecule has 0 saturated carbocycles. The maximum atomic E-state index is 6.02. The second-order valence-corrected chi connectivity index (χ2v) is 4.57. The molecule has 0 unspecified atom stereocenters. The molecule has 1 aromatic rings. The summed E-state index contributed by atoms with van der Waals surface area (Å²) in [5, 5.41) is 0. The Morgan fingerprint density at radius 1 is 1.31 bits per heavy atom. The second-order valence-electron chi connectivity index (χ2n) is 4.57. The van der Waals surface area contributed by atoms with E-state index in [2.05, 4.69) is 0 Å². The zero-order valence-electron chi connectivity index (χ0n) is 10.5. The highest BCUT2D eigenvalue weighted by Gasteiger charge is 2.15. The number of hydrogen-bond acceptors (Lipinski definition) is 3. The van der Waals surface area contributed by atoms with Gasteiger partial charge >= 0.3 is 0 Å². The summed E-state index contributed by atoms with van der Waals surface area (Å²) in [6, 6.07) is 5.85. The van der Waals surface area contributed by atoms with Gasteiger partial charge in [-0.15, -0.1) is 0 Å². The van der Waals surface area contributed by atoms with Gasteiger partial charge in [-0.25, -0.2) is 0 Å². The zero-order chi connectivity index (χ0) is 12.2. The van der Waals surface area contributed by atoms with E-state index in [-0.39, 0.29) is 5.54 Å². The molecule has 0 bridgehead atoms. The van der Waals surface area contributed by atoms with Crippen LogP contribution in [0.15, 0.2) is 18.2 Å². The Bertz CT molecular complexity index is 342. The monoisotopic (exact) mass is 223 g/mol. The van der Waals surface area contributed by atoms with Crippen molar-refractivity contribution in [3.8, 4) is 11.5 Å². The van der Waals surface area contributed by atoms with Crippen molar-refractivity contribution in [2.24, 2.45) is 5.73 Å². The molecule has 0 saturated heterocycles. The molecule has 2 N–H and O–H groups in total. The van der Waals surface area contributed by atoms with Gasteiger partial charge in [0, 0.05) is 11.6 Å². The van der Waals surface area contributed by atoms with Crippen molar-refractivity contribution >= 4 is 0 Å². The molecule has 0 aromatic heterocycles. The lowest BCUT2D eigenvalue weighted by atomic mass is 9.95. The van der Waals surface area contributed by atoms with Gasteiger partial charge in [0.05, 0.1) is 13.7 Å². The maximum Gasteiger partial charge on any atom is 0.126 e. The highest BCUT2D eigenvalue weighted by Crippen LogP contribution is 2.27. The Morgan fingerprint density at radius 2 is 2.00 bits per heavy atom. The molecule has 0 fully saturated rings. The molecular formula is C13H21NO2. The normalized spacial score (nSPS) is 11.3. The molecule has 0 aliphatic heterocycles. The van der Waals surface area contributed by atoms with Crippen molar-refractivity contribution in [3.05, 3.63) is 23.8 Å². The lowest BCUT2D eigenvalue weighted by molar-refractivity contribution is 0.329. The number of benzene rings is 1. The van der Waals surface area contributed by atoms with Gasteiger partial charge in [-0.05, 0) is 38.8 Å². The van der Waals surface area contributed by atoms with Gasteiger partial charge in [-0.2, -0.15) is 0 Å². The van der Waals surface area contributed by atoms with Crippen molar-refractivity contribution in [1.29, 1.82) is 0 Å². The van der Waals surface area contributed by atoms with E-state index in [1.54, 1.807) is 7.11 Å². The Hall–Kier alpha value is -1.22. The molecule has 16 heavy (non-hydrogen) atoms. The molecule has 0 radical (unpaired) electrons. The Kier molecular flexibility index (Phi) is 4.19. The first-order valence-corrected chi connectivity index (χ1v) is 5.55. The summed E-state index contributed by atoms with van der Waals surface area (Å²) in [6.07, 6.45) is 0.784. The van der Waals surface area contributed by atoms with Crippen molar-refractivity contribution in [2.45, 2.75) is 32.7 Å². The highest BCUT2D eigenvalue weighted by atomic mass is 16.5. The maximum absolute atomic E-state index is 6.02. The van der Waals surface area contributed by atoms with Gasteiger partial charge in [0.25, 0.3) is 0 Å². The summed E-state index contributed by atoms with van der Waals surface area (Å²) >= 11 is 0. The van der Waals surface area contributed by atoms with E-state index in [1.807, 2.05) is 39.0 Å². The molecule has 0 spiro atoms. The van der Waals surface area contributed by atoms with E-state index >= 15 is 0 Å². The minimum Gasteiger partial charge on any atom is -0.497 e. The van der Waals surface area contributed by atoms with Crippen LogP contribution in [0.25, 0.3) is 0 Å². The van der Waals surface area contributed by atoms with Crippen LogP contribution in [0.5, 0.6) is 11.5 Å². The van der Waals surface area contributed by atoms with Crippen molar-refractivity contribution < 1.29 is 9.47 Å². The smallest absolute Gasteiger partial charge is 0.126 e. The molecule has 0 amide bonds. The fourth-order valence-electron chi connectivity index (χ4n) is 1.59. The second kappa shape index (κ2) is 5.21. The summed E-state index contributed by atoms with van der Waals surface area (Å²) in [4.78, 5) is 0. The molecule has 0 atom stereocenters. The molecule has 3 heteroatoms. The summed E-state index contributed by atoms with van der Waals surface area (Å²) in [5.41, 5.74) is 6.90. The van der Waals surface area contributed by atoms with Gasteiger partial charge < -0.3 is 15.2 Å². The van der Waals surface area contributed by atoms with Crippen LogP contribution in [0.2, 0.25) is 0 Å². The van der Waals surface area contributed by atoms with Crippen LogP contribution in [0.3, 0.4) is 0 Å². The topological polar surface area (TPSA) is 44.5 Å². The molecule has 0 aliphatic carbocycles. The molecule has 0 aliphatic rings. The summed E-state index contributed by atoms with van der Waals surface area (Å²) in [6.45, 7) is 6.63. The first-order valence-electron chi connectivity index (χ1n) is 5.55. The van der Waals surface area contributed by atoms with E-state index in [9.17, 15) is 0 Å². The van der Waals surface area contributed by atoms with Gasteiger partial charge in [-0.3, -0.25) is 0 Å². The van der Waals surface area contributed by atoms with Crippen LogP contribution >= 0.6 is 0 Å². The lowest BCUT2D eigenvalue weighted by Gasteiger charge is -2.20. The van der Waals surface area contributed by atoms with E-state index in [4.69, 9.17) is 15.2 Å². The minimum atomic E-state index is -0.236. The van der Waals surface area contributed by atoms with Gasteiger partial charge in [0.1, 0.15) is 11.5 Å². The minimum absolute atomic E-state index is 0.236. The number of hydrogen-bond donors (Lipinski definition) is 1. The standard InChI is InChI=1S/C13H21NO2/c1-5-16-12-8-11(15-4)7-6-10(12)9-13(2,3)14/h6-8H,5,9,14H2,1-4H3. The zero-order valence-corrected chi connectivity index (χ0v) is 10.5. The van der Waals surface area contributed by atoms with E-state index < -0.39 is 0 Å². The average Bonchev–Trinajstić information content (AvgIpc) is 2.19. The van der Waals surface area contributed by atoms with Crippen LogP contribution in [-0.2, 0) is 6.42 Å². The largest absolute Gasteiger partial charge is 0.497 e. The molecule has 1 aromatic carbocycles. The summed E-state index contributed by atoms with van der Waals surface area (Å²) in [5.74, 6) is 1.67. The third-order valence-electron chi connectivity index (χ3n) is 2.22. The van der Waals surface area contributed by atoms with Gasteiger partial charge in [0.15, 0.2) is 0 Å². The molecule has 1 rings (SSSR count). The van der Waals surface area contributed by atoms with Crippen molar-refractivity contribution in [3.63, 3.8) is 0 Å². The fourth-order valence-corrected chi connectivity index (χ4v) is 1.59. The van der Waals surface area contributed by atoms with Crippen molar-refractivity contribution in [2.75, 3.05) is 13.7 Å². The van der Waals surface area contributed by atoms with Crippen molar-refractivity contribution in [1.82, 2.24) is 0 Å². The number of methoxy groups -OCH3 is 1. The lowest BCUT2D eigenvalue weighted by Crippen LogP contribution is -2.34. The van der Waals surface area contributed by atoms with E-state index in [1.165, 1.54) is 0 Å². The molecule has 0 heterocycles. The summed E-state index contributed by atoms with van der Waals surface area (Å²) < 4.78 is 10.8. The average molecular weight is 223 g/mol. The highest BCUT2D eigenvalue weighted by molar-refractivity contribution is 5.41. The Balaban J connectivity index is 2.98. The molecule has 90 valence electrons. The van der Waals surface area contributed by atoms with Gasteiger partial charge in [0.2, 0.25) is 0 Å². The van der Waals surface area contributed by atoms with Crippen LogP contribution in [0.4, 0.5) is 0 Å². The molecular weight excluding hydrogens is 202 g/mol. The first-order chi connectivity index (χ1) is 7.46. The van der Waals surface area contributed by atoms with Crippen LogP contribution in [0, 0.1) is 0 Å². The number of ether oxygens (including phenoxy) is 2. The Morgan fingerprint density at radius 3 is 2.50 bits per heavy atom. The van der Waals surface area contributed by atoms with Crippen LogP contribution in [0.1, 0.15) is 26.3 Å². The predicted molar refractivity (Wildman–Crippen MR) is 66.1 cm³/mol. The van der Waals surface area contributed by atoms with Crippen LogP contribution < -0.4 is 15.2 Å². The third kappa shape index (κ3) is 3.74. The quantitative estimate of drug-likeness (QED) is 0.833. The predicted octanol–water partition coefficient (Wildman–Crippen LogP) is 2.37. The van der Waals surface area contributed by atoms with E-state index in [0.29, 0.717) is 6.61 Å². The fraction of sp³-hybridized carbons (Fsp3) is 0.538. The Labute approximate surface area is 97.6 Å². The molecule has 3 nitrogen and oxygen atoms in total. The number of rotatable bonds is 5. The van der Waals surface area contributed by atoms with Gasteiger partial charge in [-0.1, -0.05) is 6.07 Å². The van der Waals surface area contributed by atoms with E-state index in [0.717, 1.165) is 23.5 Å². The third-order valence-corrected chi connectivity index (χ3v) is 2.22. The SMILES string of the molecule is CCOc1cc(OC)ccc1CC(C)(C)N. The first kappa shape index (κ1) is 12.8.